The summed E-state index contributed by atoms with van der Waals surface area (Å²) in [6, 6.07) is 28.3. The van der Waals surface area contributed by atoms with Crippen molar-refractivity contribution in [2.45, 2.75) is 6.54 Å². The van der Waals surface area contributed by atoms with Crippen molar-refractivity contribution in [3.05, 3.63) is 112 Å². The number of amides is 1. The Labute approximate surface area is 203 Å². The second-order valence-corrected chi connectivity index (χ2v) is 8.41. The average molecular weight is 464 g/mol. The van der Waals surface area contributed by atoms with E-state index in [2.05, 4.69) is 11.4 Å². The van der Waals surface area contributed by atoms with Crippen LogP contribution in [0.1, 0.15) is 21.6 Å². The smallest absolute Gasteiger partial charge is 0.334 e. The molecule has 0 atom stereocenters. The van der Waals surface area contributed by atoms with E-state index in [4.69, 9.17) is 0 Å². The molecule has 1 aliphatic rings. The maximum atomic E-state index is 14.0. The Morgan fingerprint density at radius 1 is 0.886 bits per heavy atom. The van der Waals surface area contributed by atoms with Gasteiger partial charge in [0.1, 0.15) is 5.69 Å². The van der Waals surface area contributed by atoms with Gasteiger partial charge in [0.15, 0.2) is 0 Å². The summed E-state index contributed by atoms with van der Waals surface area (Å²) in [7, 11) is 0. The Morgan fingerprint density at radius 3 is 2.20 bits per heavy atom. The van der Waals surface area contributed by atoms with Crippen molar-refractivity contribution in [3.8, 4) is 23.0 Å². The highest BCUT2D eigenvalue weighted by molar-refractivity contribution is 5.99. The topological polar surface area (TPSA) is 83.1 Å². The molecule has 1 amide bonds. The Morgan fingerprint density at radius 2 is 1.51 bits per heavy atom. The van der Waals surface area contributed by atoms with Gasteiger partial charge < -0.3 is 10.2 Å². The van der Waals surface area contributed by atoms with Crippen LogP contribution in [0.15, 0.2) is 89.7 Å². The highest BCUT2D eigenvalue weighted by Gasteiger charge is 2.31. The van der Waals surface area contributed by atoms with Crippen molar-refractivity contribution >= 4 is 5.91 Å². The monoisotopic (exact) mass is 463 g/mol. The van der Waals surface area contributed by atoms with E-state index in [0.717, 1.165) is 5.56 Å². The highest BCUT2D eigenvalue weighted by atomic mass is 16.2. The third kappa shape index (κ3) is 4.27. The van der Waals surface area contributed by atoms with Crippen molar-refractivity contribution in [3.63, 3.8) is 0 Å². The average Bonchev–Trinajstić information content (AvgIpc) is 3.21. The molecule has 0 saturated carbocycles. The zero-order chi connectivity index (χ0) is 24.2. The van der Waals surface area contributed by atoms with Gasteiger partial charge in [0.05, 0.1) is 29.6 Å². The molecule has 1 aliphatic heterocycles. The van der Waals surface area contributed by atoms with Gasteiger partial charge >= 0.3 is 5.69 Å². The molecule has 4 aromatic rings. The van der Waals surface area contributed by atoms with Gasteiger partial charge in [-0.05, 0) is 23.8 Å². The number of nitrogens with zero attached hydrogens (tertiary/aromatic N) is 4. The number of hydrogen-bond acceptors (Lipinski definition) is 4. The molecule has 1 fully saturated rings. The third-order valence-electron chi connectivity index (χ3n) is 6.27. The molecule has 2 heterocycles. The van der Waals surface area contributed by atoms with E-state index in [1.807, 2.05) is 72.8 Å². The molecule has 3 aromatic carbocycles. The number of hydrogen-bond donors (Lipinski definition) is 1. The Hall–Kier alpha value is -4.41. The molecular formula is C28H25N5O2. The lowest BCUT2D eigenvalue weighted by Crippen LogP contribution is -2.47. The van der Waals surface area contributed by atoms with E-state index in [1.165, 1.54) is 4.57 Å². The Kier molecular flexibility index (Phi) is 6.29. The quantitative estimate of drug-likeness (QED) is 0.493. The van der Waals surface area contributed by atoms with Crippen molar-refractivity contribution in [2.24, 2.45) is 0 Å². The maximum absolute atomic E-state index is 14.0. The van der Waals surface area contributed by atoms with Gasteiger partial charge in [0.2, 0.25) is 0 Å². The predicted octanol–water partition coefficient (Wildman–Crippen LogP) is 3.27. The van der Waals surface area contributed by atoms with Crippen LogP contribution in [0.25, 0.3) is 16.9 Å². The molecule has 174 valence electrons. The van der Waals surface area contributed by atoms with E-state index in [0.29, 0.717) is 54.4 Å². The molecule has 1 N–H and O–H groups in total. The summed E-state index contributed by atoms with van der Waals surface area (Å²) in [5, 5.41) is 12.9. The van der Waals surface area contributed by atoms with Crippen LogP contribution < -0.4 is 11.0 Å². The van der Waals surface area contributed by atoms with Gasteiger partial charge in [-0.1, -0.05) is 66.7 Å². The number of nitriles is 1. The number of para-hydroxylation sites is 1. The second kappa shape index (κ2) is 9.84. The number of nitrogens with one attached hydrogen (secondary N) is 1. The minimum absolute atomic E-state index is 0.120. The van der Waals surface area contributed by atoms with Crippen LogP contribution in [-0.2, 0) is 6.54 Å². The summed E-state index contributed by atoms with van der Waals surface area (Å²) in [5.41, 5.74) is 3.20. The van der Waals surface area contributed by atoms with Crippen LogP contribution in [0.5, 0.6) is 0 Å². The summed E-state index contributed by atoms with van der Waals surface area (Å²) < 4.78 is 3.13. The van der Waals surface area contributed by atoms with Crippen LogP contribution in [0.4, 0.5) is 0 Å². The lowest BCUT2D eigenvalue weighted by Gasteiger charge is -2.28. The molecular weight excluding hydrogens is 438 g/mol. The molecule has 5 rings (SSSR count). The standard InChI is InChI=1S/C28H25N5O2/c29-19-22-11-7-8-12-23(22)20-32-26(27(34)31-17-15-30-16-18-31)25(21-9-3-1-4-10-21)33(28(32)35)24-13-5-2-6-14-24/h1-14,30H,15-18,20H2. The number of benzene rings is 3. The van der Waals surface area contributed by atoms with E-state index in [9.17, 15) is 14.9 Å². The minimum atomic E-state index is -0.318. The number of rotatable bonds is 5. The molecule has 1 saturated heterocycles. The first-order chi connectivity index (χ1) is 17.2. The van der Waals surface area contributed by atoms with Crippen LogP contribution >= 0.6 is 0 Å². The molecule has 0 spiro atoms. The van der Waals surface area contributed by atoms with Crippen molar-refractivity contribution in [1.82, 2.24) is 19.4 Å². The van der Waals surface area contributed by atoms with E-state index < -0.39 is 0 Å². The zero-order valence-electron chi connectivity index (χ0n) is 19.2. The lowest BCUT2D eigenvalue weighted by molar-refractivity contribution is 0.0726. The van der Waals surface area contributed by atoms with Gasteiger partial charge in [0, 0.05) is 31.7 Å². The van der Waals surface area contributed by atoms with E-state index in [1.54, 1.807) is 21.6 Å². The molecule has 0 aliphatic carbocycles. The molecule has 7 heteroatoms. The number of carbonyl (C=O) groups excluding carboxylic acids is 1. The maximum Gasteiger partial charge on any atom is 0.334 e. The summed E-state index contributed by atoms with van der Waals surface area (Å²) in [5.74, 6) is -0.188. The number of imidazole rings is 1. The normalized spacial score (nSPS) is 13.4. The van der Waals surface area contributed by atoms with Crippen LogP contribution in [0, 0.1) is 11.3 Å². The summed E-state index contributed by atoms with van der Waals surface area (Å²) in [6.07, 6.45) is 0. The second-order valence-electron chi connectivity index (χ2n) is 8.41. The Bertz CT molecular complexity index is 1440. The minimum Gasteiger partial charge on any atom is -0.335 e. The first-order valence-corrected chi connectivity index (χ1v) is 11.6. The van der Waals surface area contributed by atoms with E-state index in [-0.39, 0.29) is 18.1 Å². The van der Waals surface area contributed by atoms with Crippen molar-refractivity contribution < 1.29 is 4.79 Å². The van der Waals surface area contributed by atoms with Gasteiger partial charge in [-0.25, -0.2) is 4.79 Å². The molecule has 35 heavy (non-hydrogen) atoms. The van der Waals surface area contributed by atoms with E-state index >= 15 is 0 Å². The molecule has 7 nitrogen and oxygen atoms in total. The fourth-order valence-electron chi connectivity index (χ4n) is 4.54. The van der Waals surface area contributed by atoms with Gasteiger partial charge in [-0.15, -0.1) is 0 Å². The van der Waals surface area contributed by atoms with Crippen LogP contribution in [-0.4, -0.2) is 46.1 Å². The first kappa shape index (κ1) is 22.4. The molecule has 0 radical (unpaired) electrons. The summed E-state index contributed by atoms with van der Waals surface area (Å²) in [6.45, 7) is 2.65. The Balaban J connectivity index is 1.80. The SMILES string of the molecule is N#Cc1ccccc1Cn1c(C(=O)N2CCNCC2)c(-c2ccccc2)n(-c2ccccc2)c1=O. The van der Waals surface area contributed by atoms with Crippen LogP contribution in [0.3, 0.4) is 0 Å². The lowest BCUT2D eigenvalue weighted by atomic mass is 10.1. The molecule has 1 aromatic heterocycles. The van der Waals surface area contributed by atoms with Crippen molar-refractivity contribution in [2.75, 3.05) is 26.2 Å². The first-order valence-electron chi connectivity index (χ1n) is 11.6. The fourth-order valence-corrected chi connectivity index (χ4v) is 4.54. The zero-order valence-corrected chi connectivity index (χ0v) is 19.2. The fraction of sp³-hybridized carbons (Fsp3) is 0.179. The van der Waals surface area contributed by atoms with Gasteiger partial charge in [-0.2, -0.15) is 5.26 Å². The van der Waals surface area contributed by atoms with Crippen LogP contribution in [0.2, 0.25) is 0 Å². The third-order valence-corrected chi connectivity index (χ3v) is 6.27. The van der Waals surface area contributed by atoms with Gasteiger partial charge in [0.25, 0.3) is 5.91 Å². The predicted molar refractivity (Wildman–Crippen MR) is 134 cm³/mol. The number of aromatic nitrogens is 2. The highest BCUT2D eigenvalue weighted by Crippen LogP contribution is 2.28. The number of carbonyl (C=O) groups is 1. The number of piperazine rings is 1. The summed E-state index contributed by atoms with van der Waals surface area (Å²) in [4.78, 5) is 29.8. The van der Waals surface area contributed by atoms with Gasteiger partial charge in [-0.3, -0.25) is 13.9 Å². The molecule has 0 unspecified atom stereocenters. The van der Waals surface area contributed by atoms with Crippen molar-refractivity contribution in [1.29, 1.82) is 5.26 Å². The largest absolute Gasteiger partial charge is 0.335 e. The summed E-state index contributed by atoms with van der Waals surface area (Å²) >= 11 is 0. The molecule has 0 bridgehead atoms.